The van der Waals surface area contributed by atoms with Gasteiger partial charge in [0, 0.05) is 12.8 Å². The number of phosphoric ester groups is 1. The molecule has 0 unspecified atom stereocenters. The quantitative estimate of drug-likeness (QED) is 0.0332. The SMILES string of the molecule is CCCCC/C=C/C/C=C/C/C=C/CCCCC(=O)OC[C@H](COP(=O)(O)O)OC(=O)CCCCCCCCCCCCC. The highest BCUT2D eigenvalue weighted by Gasteiger charge is 2.22. The van der Waals surface area contributed by atoms with Gasteiger partial charge < -0.3 is 19.3 Å². The monoisotopic (exact) mass is 642 g/mol. The van der Waals surface area contributed by atoms with Crippen LogP contribution in [0, 0.1) is 0 Å². The molecule has 0 bridgehead atoms. The summed E-state index contributed by atoms with van der Waals surface area (Å²) in [5.41, 5.74) is 0. The van der Waals surface area contributed by atoms with Gasteiger partial charge in [-0.2, -0.15) is 0 Å². The first kappa shape index (κ1) is 42.3. The van der Waals surface area contributed by atoms with E-state index in [1.54, 1.807) is 0 Å². The van der Waals surface area contributed by atoms with E-state index in [0.29, 0.717) is 12.8 Å². The number of hydrogen-bond donors (Lipinski definition) is 2. The van der Waals surface area contributed by atoms with Gasteiger partial charge in [0.25, 0.3) is 0 Å². The first-order chi connectivity index (χ1) is 21.3. The lowest BCUT2D eigenvalue weighted by atomic mass is 10.1. The van der Waals surface area contributed by atoms with E-state index in [4.69, 9.17) is 19.3 Å². The van der Waals surface area contributed by atoms with Gasteiger partial charge in [-0.1, -0.05) is 127 Å². The molecule has 0 amide bonds. The Balaban J connectivity index is 4.08. The van der Waals surface area contributed by atoms with E-state index in [0.717, 1.165) is 51.4 Å². The molecule has 0 aromatic carbocycles. The maximum Gasteiger partial charge on any atom is 0.469 e. The summed E-state index contributed by atoms with van der Waals surface area (Å²) in [6.45, 7) is 3.59. The Kier molecular flexibility index (Phi) is 30.0. The fourth-order valence-corrected chi connectivity index (χ4v) is 4.91. The molecule has 0 saturated heterocycles. The van der Waals surface area contributed by atoms with Crippen molar-refractivity contribution >= 4 is 19.8 Å². The average molecular weight is 643 g/mol. The topological polar surface area (TPSA) is 119 Å². The first-order valence-electron chi connectivity index (χ1n) is 17.3. The molecule has 0 spiro atoms. The minimum Gasteiger partial charge on any atom is -0.462 e. The Labute approximate surface area is 268 Å². The van der Waals surface area contributed by atoms with E-state index < -0.39 is 32.5 Å². The Hall–Kier alpha value is -1.73. The molecule has 0 saturated carbocycles. The van der Waals surface area contributed by atoms with Crippen molar-refractivity contribution < 1.29 is 37.9 Å². The second kappa shape index (κ2) is 31.3. The van der Waals surface area contributed by atoms with E-state index in [1.165, 1.54) is 64.2 Å². The minimum absolute atomic E-state index is 0.205. The van der Waals surface area contributed by atoms with Gasteiger partial charge in [-0.3, -0.25) is 14.1 Å². The van der Waals surface area contributed by atoms with E-state index >= 15 is 0 Å². The van der Waals surface area contributed by atoms with Crippen molar-refractivity contribution in [2.75, 3.05) is 13.2 Å². The fraction of sp³-hybridized carbons (Fsp3) is 0.771. The van der Waals surface area contributed by atoms with Crippen LogP contribution in [0.25, 0.3) is 0 Å². The van der Waals surface area contributed by atoms with E-state index in [1.807, 2.05) is 0 Å². The van der Waals surface area contributed by atoms with Gasteiger partial charge >= 0.3 is 19.8 Å². The molecule has 1 atom stereocenters. The van der Waals surface area contributed by atoms with E-state index in [-0.39, 0.29) is 19.4 Å². The number of phosphoric acid groups is 1. The summed E-state index contributed by atoms with van der Waals surface area (Å²) in [5, 5.41) is 0. The van der Waals surface area contributed by atoms with Crippen LogP contribution in [0.15, 0.2) is 36.5 Å². The van der Waals surface area contributed by atoms with Crippen molar-refractivity contribution in [3.8, 4) is 0 Å². The summed E-state index contributed by atoms with van der Waals surface area (Å²) >= 11 is 0. The molecule has 0 aromatic rings. The molecule has 0 aliphatic heterocycles. The fourth-order valence-electron chi connectivity index (χ4n) is 4.55. The average Bonchev–Trinajstić information content (AvgIpc) is 2.98. The number of carbonyl (C=O) groups is 2. The molecule has 0 fully saturated rings. The number of esters is 2. The number of rotatable bonds is 31. The predicted octanol–water partition coefficient (Wildman–Crippen LogP) is 9.84. The normalized spacial score (nSPS) is 12.9. The zero-order chi connectivity index (χ0) is 32.6. The molecule has 2 N–H and O–H groups in total. The summed E-state index contributed by atoms with van der Waals surface area (Å²) in [6, 6.07) is 0. The number of allylic oxidation sites excluding steroid dienone is 6. The van der Waals surface area contributed by atoms with Crippen molar-refractivity contribution in [2.45, 2.75) is 161 Å². The Morgan fingerprint density at radius 1 is 0.591 bits per heavy atom. The van der Waals surface area contributed by atoms with Gasteiger partial charge in [0.2, 0.25) is 0 Å². The van der Waals surface area contributed by atoms with Crippen LogP contribution in [0.4, 0.5) is 0 Å². The Bertz CT molecular complexity index is 818. The smallest absolute Gasteiger partial charge is 0.462 e. The molecular formula is C35H63O8P. The summed E-state index contributed by atoms with van der Waals surface area (Å²) < 4.78 is 26.2. The van der Waals surface area contributed by atoms with Crippen LogP contribution in [0.3, 0.4) is 0 Å². The molecule has 9 heteroatoms. The standard InChI is InChI=1S/C35H63O8P/c1-3-5-7-9-11-13-15-16-17-18-20-21-23-25-27-29-34(36)41-31-33(32-42-44(38,39)40)43-35(37)30-28-26-24-22-19-14-12-10-8-6-4-2/h11,13,16-17,20-21,33H,3-10,12,14-15,18-19,22-32H2,1-2H3,(H2,38,39,40)/b13-11+,17-16+,21-20+/t33-/m1/s1. The van der Waals surface area contributed by atoms with Crippen LogP contribution >= 0.6 is 7.82 Å². The molecule has 0 heterocycles. The van der Waals surface area contributed by atoms with Crippen molar-refractivity contribution in [1.29, 1.82) is 0 Å². The zero-order valence-electron chi connectivity index (χ0n) is 27.8. The third-order valence-electron chi connectivity index (χ3n) is 7.16. The van der Waals surface area contributed by atoms with Crippen molar-refractivity contribution in [1.82, 2.24) is 0 Å². The minimum atomic E-state index is -4.75. The van der Waals surface area contributed by atoms with Crippen molar-refractivity contribution in [3.05, 3.63) is 36.5 Å². The highest BCUT2D eigenvalue weighted by Crippen LogP contribution is 2.35. The van der Waals surface area contributed by atoms with Crippen LogP contribution in [0.1, 0.15) is 155 Å². The van der Waals surface area contributed by atoms with Gasteiger partial charge in [-0.15, -0.1) is 0 Å². The van der Waals surface area contributed by atoms with Crippen LogP contribution in [-0.4, -0.2) is 41.0 Å². The van der Waals surface area contributed by atoms with E-state index in [9.17, 15) is 14.2 Å². The van der Waals surface area contributed by atoms with Crippen LogP contribution in [0.2, 0.25) is 0 Å². The molecule has 44 heavy (non-hydrogen) atoms. The summed E-state index contributed by atoms with van der Waals surface area (Å²) in [5.74, 6) is -0.931. The lowest BCUT2D eigenvalue weighted by molar-refractivity contribution is -0.161. The Morgan fingerprint density at radius 2 is 1.02 bits per heavy atom. The lowest BCUT2D eigenvalue weighted by Gasteiger charge is -2.18. The maximum atomic E-state index is 12.3. The van der Waals surface area contributed by atoms with Gasteiger partial charge in [0.05, 0.1) is 6.61 Å². The summed E-state index contributed by atoms with van der Waals surface area (Å²) in [4.78, 5) is 42.5. The second-order valence-electron chi connectivity index (χ2n) is 11.5. The van der Waals surface area contributed by atoms with Gasteiger partial charge in [-0.05, 0) is 51.4 Å². The summed E-state index contributed by atoms with van der Waals surface area (Å²) in [6.07, 6.45) is 34.4. The van der Waals surface area contributed by atoms with Crippen molar-refractivity contribution in [2.24, 2.45) is 0 Å². The lowest BCUT2D eigenvalue weighted by Crippen LogP contribution is -2.29. The highest BCUT2D eigenvalue weighted by molar-refractivity contribution is 7.46. The van der Waals surface area contributed by atoms with Crippen molar-refractivity contribution in [3.63, 3.8) is 0 Å². The van der Waals surface area contributed by atoms with Gasteiger partial charge in [0.1, 0.15) is 6.61 Å². The number of carbonyl (C=O) groups excluding carboxylic acids is 2. The molecule has 0 rings (SSSR count). The van der Waals surface area contributed by atoms with E-state index in [2.05, 4.69) is 54.8 Å². The molecule has 0 aliphatic rings. The number of ether oxygens (including phenoxy) is 2. The van der Waals surface area contributed by atoms with Gasteiger partial charge in [0.15, 0.2) is 6.10 Å². The highest BCUT2D eigenvalue weighted by atomic mass is 31.2. The molecular weight excluding hydrogens is 579 g/mol. The molecule has 0 radical (unpaired) electrons. The third kappa shape index (κ3) is 33.2. The number of hydrogen-bond acceptors (Lipinski definition) is 6. The largest absolute Gasteiger partial charge is 0.469 e. The van der Waals surface area contributed by atoms with Gasteiger partial charge in [-0.25, -0.2) is 4.57 Å². The molecule has 0 aromatic heterocycles. The molecule has 0 aliphatic carbocycles. The first-order valence-corrected chi connectivity index (χ1v) is 18.8. The zero-order valence-corrected chi connectivity index (χ0v) is 28.7. The van der Waals surface area contributed by atoms with Crippen LogP contribution in [-0.2, 0) is 28.2 Å². The number of unbranched alkanes of at least 4 members (excludes halogenated alkanes) is 15. The molecule has 8 nitrogen and oxygen atoms in total. The van der Waals surface area contributed by atoms with Crippen LogP contribution in [0.5, 0.6) is 0 Å². The maximum absolute atomic E-state index is 12.3. The summed E-state index contributed by atoms with van der Waals surface area (Å²) in [7, 11) is -4.75. The Morgan fingerprint density at radius 3 is 1.57 bits per heavy atom. The third-order valence-corrected chi connectivity index (χ3v) is 7.65. The van der Waals surface area contributed by atoms with Crippen LogP contribution < -0.4 is 0 Å². The second-order valence-corrected chi connectivity index (χ2v) is 12.7. The predicted molar refractivity (Wildman–Crippen MR) is 179 cm³/mol. The molecule has 256 valence electrons.